The first kappa shape index (κ1) is 15.5. The average molecular weight is 332 g/mol. The van der Waals surface area contributed by atoms with Gasteiger partial charge in [-0.2, -0.15) is 0 Å². The number of hydrogen-bond donors (Lipinski definition) is 2. The lowest BCUT2D eigenvalue weighted by Crippen LogP contribution is -2.22. The first-order chi connectivity index (χ1) is 10.7. The second-order valence-corrected chi connectivity index (χ2v) is 7.10. The molecule has 0 spiro atoms. The summed E-state index contributed by atoms with van der Waals surface area (Å²) in [5.74, 6) is -0.00989. The van der Waals surface area contributed by atoms with E-state index in [-0.39, 0.29) is 5.92 Å². The van der Waals surface area contributed by atoms with Crippen molar-refractivity contribution in [3.8, 4) is 0 Å². The standard InChI is InChI=1S/C18H18ClNOS/c1-20-11-15(18(21)16-8-9-17(19)22-16)14-7-6-12-4-2-3-5-13(12)10-14/h2-10,15,18,20-21H,11H2,1H3/t15-,18+/m0/s1. The Labute approximate surface area is 139 Å². The summed E-state index contributed by atoms with van der Waals surface area (Å²) in [7, 11) is 1.90. The van der Waals surface area contributed by atoms with Crippen molar-refractivity contribution in [2.75, 3.05) is 13.6 Å². The Morgan fingerprint density at radius 3 is 2.55 bits per heavy atom. The fourth-order valence-electron chi connectivity index (χ4n) is 2.76. The van der Waals surface area contributed by atoms with Crippen molar-refractivity contribution in [1.29, 1.82) is 0 Å². The molecular weight excluding hydrogens is 314 g/mol. The molecule has 0 radical (unpaired) electrons. The molecule has 1 heterocycles. The molecule has 3 rings (SSSR count). The third kappa shape index (κ3) is 3.18. The van der Waals surface area contributed by atoms with E-state index in [0.29, 0.717) is 10.9 Å². The van der Waals surface area contributed by atoms with Gasteiger partial charge in [0, 0.05) is 17.3 Å². The third-order valence-corrected chi connectivity index (χ3v) is 5.19. The van der Waals surface area contributed by atoms with E-state index in [2.05, 4.69) is 35.6 Å². The van der Waals surface area contributed by atoms with Crippen LogP contribution >= 0.6 is 22.9 Å². The largest absolute Gasteiger partial charge is 0.387 e. The van der Waals surface area contributed by atoms with Crippen molar-refractivity contribution in [3.05, 3.63) is 69.4 Å². The summed E-state index contributed by atoms with van der Waals surface area (Å²) in [6.07, 6.45) is -0.564. The van der Waals surface area contributed by atoms with Crippen LogP contribution in [0.1, 0.15) is 22.5 Å². The number of aliphatic hydroxyl groups excluding tert-OH is 1. The van der Waals surface area contributed by atoms with Gasteiger partial charge in [-0.25, -0.2) is 0 Å². The van der Waals surface area contributed by atoms with Crippen molar-refractivity contribution < 1.29 is 5.11 Å². The highest BCUT2D eigenvalue weighted by Crippen LogP contribution is 2.36. The van der Waals surface area contributed by atoms with Crippen LogP contribution in [0.4, 0.5) is 0 Å². The minimum Gasteiger partial charge on any atom is -0.387 e. The molecule has 0 aliphatic heterocycles. The monoisotopic (exact) mass is 331 g/mol. The minimum absolute atomic E-state index is 0.00989. The molecule has 0 unspecified atom stereocenters. The van der Waals surface area contributed by atoms with Gasteiger partial charge in [0.1, 0.15) is 0 Å². The van der Waals surface area contributed by atoms with E-state index in [9.17, 15) is 5.11 Å². The average Bonchev–Trinajstić information content (AvgIpc) is 2.98. The molecule has 2 atom stereocenters. The molecule has 0 aliphatic carbocycles. The van der Waals surface area contributed by atoms with Crippen LogP contribution in [-0.2, 0) is 0 Å². The molecule has 114 valence electrons. The summed E-state index contributed by atoms with van der Waals surface area (Å²) in [5, 5.41) is 16.3. The highest BCUT2D eigenvalue weighted by Gasteiger charge is 2.23. The molecule has 2 nitrogen and oxygen atoms in total. The maximum absolute atomic E-state index is 10.8. The molecular formula is C18H18ClNOS. The third-order valence-electron chi connectivity index (χ3n) is 3.89. The lowest BCUT2D eigenvalue weighted by molar-refractivity contribution is 0.148. The first-order valence-corrected chi connectivity index (χ1v) is 8.45. The van der Waals surface area contributed by atoms with Gasteiger partial charge in [0.15, 0.2) is 0 Å². The van der Waals surface area contributed by atoms with Gasteiger partial charge in [0.2, 0.25) is 0 Å². The Balaban J connectivity index is 1.97. The zero-order valence-corrected chi connectivity index (χ0v) is 13.9. The second kappa shape index (κ2) is 6.80. The van der Waals surface area contributed by atoms with Gasteiger partial charge >= 0.3 is 0 Å². The van der Waals surface area contributed by atoms with Crippen molar-refractivity contribution in [2.45, 2.75) is 12.0 Å². The van der Waals surface area contributed by atoms with Gasteiger partial charge in [-0.05, 0) is 35.5 Å². The van der Waals surface area contributed by atoms with E-state index in [1.54, 1.807) is 0 Å². The van der Waals surface area contributed by atoms with Crippen LogP contribution in [0.2, 0.25) is 4.34 Å². The summed E-state index contributed by atoms with van der Waals surface area (Å²) < 4.78 is 0.704. The van der Waals surface area contributed by atoms with E-state index in [4.69, 9.17) is 11.6 Å². The Morgan fingerprint density at radius 2 is 1.86 bits per heavy atom. The van der Waals surface area contributed by atoms with Crippen LogP contribution in [0.15, 0.2) is 54.6 Å². The molecule has 0 fully saturated rings. The van der Waals surface area contributed by atoms with Gasteiger partial charge in [-0.15, -0.1) is 11.3 Å². The number of halogens is 1. The Kier molecular flexibility index (Phi) is 4.79. The van der Waals surface area contributed by atoms with Gasteiger partial charge in [-0.3, -0.25) is 0 Å². The molecule has 22 heavy (non-hydrogen) atoms. The second-order valence-electron chi connectivity index (χ2n) is 5.36. The van der Waals surface area contributed by atoms with Crippen LogP contribution in [0, 0.1) is 0 Å². The minimum atomic E-state index is -0.564. The quantitative estimate of drug-likeness (QED) is 0.716. The fraction of sp³-hybridized carbons (Fsp3) is 0.222. The number of hydrogen-bond acceptors (Lipinski definition) is 3. The van der Waals surface area contributed by atoms with Crippen LogP contribution in [-0.4, -0.2) is 18.7 Å². The van der Waals surface area contributed by atoms with E-state index in [1.165, 1.54) is 22.1 Å². The predicted molar refractivity (Wildman–Crippen MR) is 94.9 cm³/mol. The first-order valence-electron chi connectivity index (χ1n) is 7.25. The molecule has 0 amide bonds. The van der Waals surface area contributed by atoms with E-state index in [1.807, 2.05) is 31.3 Å². The molecule has 0 bridgehead atoms. The predicted octanol–water partition coefficient (Wildman–Crippen LogP) is 4.59. The number of thiophene rings is 1. The van der Waals surface area contributed by atoms with Gasteiger partial charge < -0.3 is 10.4 Å². The van der Waals surface area contributed by atoms with Gasteiger partial charge in [-0.1, -0.05) is 54.1 Å². The zero-order chi connectivity index (χ0) is 15.5. The Morgan fingerprint density at radius 1 is 1.09 bits per heavy atom. The molecule has 3 aromatic rings. The van der Waals surface area contributed by atoms with Gasteiger partial charge in [0.25, 0.3) is 0 Å². The summed E-state index contributed by atoms with van der Waals surface area (Å²) in [5.41, 5.74) is 1.13. The summed E-state index contributed by atoms with van der Waals surface area (Å²) in [6.45, 7) is 0.703. The molecule has 0 saturated heterocycles. The summed E-state index contributed by atoms with van der Waals surface area (Å²) in [4.78, 5) is 0.901. The lowest BCUT2D eigenvalue weighted by Gasteiger charge is -2.23. The van der Waals surface area contributed by atoms with Gasteiger partial charge in [0.05, 0.1) is 10.4 Å². The van der Waals surface area contributed by atoms with Crippen molar-refractivity contribution >= 4 is 33.7 Å². The zero-order valence-electron chi connectivity index (χ0n) is 12.3. The number of aliphatic hydroxyl groups is 1. The fourth-order valence-corrected chi connectivity index (χ4v) is 3.87. The number of fused-ring (bicyclic) bond motifs is 1. The number of benzene rings is 2. The number of nitrogens with one attached hydrogen (secondary N) is 1. The molecule has 0 aliphatic rings. The SMILES string of the molecule is CNC[C@@H](c1ccc2ccccc2c1)[C@@H](O)c1ccc(Cl)s1. The van der Waals surface area contributed by atoms with E-state index < -0.39 is 6.10 Å². The lowest BCUT2D eigenvalue weighted by atomic mass is 9.90. The van der Waals surface area contributed by atoms with Crippen LogP contribution in [0.3, 0.4) is 0 Å². The van der Waals surface area contributed by atoms with Crippen molar-refractivity contribution in [1.82, 2.24) is 5.32 Å². The Hall–Kier alpha value is -1.39. The van der Waals surface area contributed by atoms with Crippen LogP contribution in [0.25, 0.3) is 10.8 Å². The number of rotatable bonds is 5. The number of likely N-dealkylation sites (N-methyl/N-ethyl adjacent to an activating group) is 1. The Bertz CT molecular complexity index is 770. The highest BCUT2D eigenvalue weighted by molar-refractivity contribution is 7.16. The summed E-state index contributed by atoms with van der Waals surface area (Å²) in [6, 6.07) is 18.4. The van der Waals surface area contributed by atoms with Crippen LogP contribution in [0.5, 0.6) is 0 Å². The summed E-state index contributed by atoms with van der Waals surface area (Å²) >= 11 is 7.44. The van der Waals surface area contributed by atoms with Crippen molar-refractivity contribution in [2.24, 2.45) is 0 Å². The highest BCUT2D eigenvalue weighted by atomic mass is 35.5. The molecule has 1 aromatic heterocycles. The van der Waals surface area contributed by atoms with Crippen LogP contribution < -0.4 is 5.32 Å². The van der Waals surface area contributed by atoms with Crippen molar-refractivity contribution in [3.63, 3.8) is 0 Å². The normalized spacial score (nSPS) is 14.1. The smallest absolute Gasteiger partial charge is 0.0962 e. The van der Waals surface area contributed by atoms with E-state index >= 15 is 0 Å². The van der Waals surface area contributed by atoms with E-state index in [0.717, 1.165) is 10.4 Å². The topological polar surface area (TPSA) is 32.3 Å². The maximum Gasteiger partial charge on any atom is 0.0962 e. The molecule has 4 heteroatoms. The molecule has 2 aromatic carbocycles. The maximum atomic E-state index is 10.8. The molecule has 0 saturated carbocycles. The molecule has 2 N–H and O–H groups in total.